The Balaban J connectivity index is 2.45. The average Bonchev–Trinajstić information content (AvgIpc) is 2.64. The van der Waals surface area contributed by atoms with Gasteiger partial charge < -0.3 is 4.74 Å². The van der Waals surface area contributed by atoms with Crippen LogP contribution in [0.5, 0.6) is 0 Å². The molecule has 1 aromatic rings. The lowest BCUT2D eigenvalue weighted by Gasteiger charge is -2.19. The van der Waals surface area contributed by atoms with Gasteiger partial charge in [-0.25, -0.2) is 4.79 Å². The molecule has 0 atom stereocenters. The molecule has 80 valence electrons. The highest BCUT2D eigenvalue weighted by Crippen LogP contribution is 2.27. The first-order chi connectivity index (χ1) is 7.24. The van der Waals surface area contributed by atoms with Crippen molar-refractivity contribution < 1.29 is 9.53 Å². The van der Waals surface area contributed by atoms with E-state index in [0.29, 0.717) is 13.2 Å². The maximum absolute atomic E-state index is 11.5. The fraction of sp³-hybridized carbons (Fsp3) is 0.417. The van der Waals surface area contributed by atoms with Crippen molar-refractivity contribution in [1.82, 2.24) is 0 Å². The molecule has 15 heavy (non-hydrogen) atoms. The Morgan fingerprint density at radius 3 is 2.87 bits per heavy atom. The number of carbonyl (C=O) groups is 1. The van der Waals surface area contributed by atoms with Gasteiger partial charge in [0.25, 0.3) is 0 Å². The monoisotopic (exact) mass is 205 g/mol. The second-order valence-electron chi connectivity index (χ2n) is 3.70. The second-order valence-corrected chi connectivity index (χ2v) is 3.70. The van der Waals surface area contributed by atoms with Crippen LogP contribution in [0.3, 0.4) is 0 Å². The van der Waals surface area contributed by atoms with E-state index in [-0.39, 0.29) is 6.09 Å². The van der Waals surface area contributed by atoms with Crippen molar-refractivity contribution in [2.24, 2.45) is 0 Å². The van der Waals surface area contributed by atoms with E-state index < -0.39 is 0 Å². The van der Waals surface area contributed by atoms with Crippen LogP contribution in [0, 0.1) is 6.92 Å². The van der Waals surface area contributed by atoms with Crippen LogP contribution in [0.2, 0.25) is 0 Å². The molecule has 0 bridgehead atoms. The Morgan fingerprint density at radius 1 is 1.47 bits per heavy atom. The number of hydrogen-bond donors (Lipinski definition) is 0. The van der Waals surface area contributed by atoms with E-state index in [1.165, 1.54) is 5.56 Å². The molecule has 1 heterocycles. The number of hydrogen-bond acceptors (Lipinski definition) is 2. The summed E-state index contributed by atoms with van der Waals surface area (Å²) in [6, 6.07) is 6.12. The van der Waals surface area contributed by atoms with Gasteiger partial charge in [-0.2, -0.15) is 0 Å². The van der Waals surface area contributed by atoms with E-state index in [2.05, 4.69) is 13.0 Å². The quantitative estimate of drug-likeness (QED) is 0.742. The second kappa shape index (κ2) is 3.93. The first kappa shape index (κ1) is 10.0. The van der Waals surface area contributed by atoms with Crippen molar-refractivity contribution in [1.29, 1.82) is 0 Å². The van der Waals surface area contributed by atoms with Gasteiger partial charge in [0.05, 0.1) is 12.2 Å². The number of ether oxygens (including phenoxy) is 1. The Morgan fingerprint density at radius 2 is 2.27 bits per heavy atom. The molecule has 1 saturated heterocycles. The number of amides is 1. The molecule has 1 aromatic carbocycles. The highest BCUT2D eigenvalue weighted by molar-refractivity contribution is 5.91. The molecular formula is C12H15NO2. The predicted molar refractivity (Wildman–Crippen MR) is 59.3 cm³/mol. The van der Waals surface area contributed by atoms with Gasteiger partial charge in [-0.05, 0) is 24.5 Å². The molecule has 3 heteroatoms. The van der Waals surface area contributed by atoms with Crippen molar-refractivity contribution in [2.75, 3.05) is 18.1 Å². The van der Waals surface area contributed by atoms with E-state index in [0.717, 1.165) is 17.7 Å². The van der Waals surface area contributed by atoms with E-state index in [1.54, 1.807) is 4.90 Å². The van der Waals surface area contributed by atoms with E-state index in [1.807, 2.05) is 19.1 Å². The Hall–Kier alpha value is -1.51. The number of anilines is 1. The van der Waals surface area contributed by atoms with Crippen LogP contribution in [0.15, 0.2) is 18.2 Å². The third kappa shape index (κ3) is 1.69. The third-order valence-corrected chi connectivity index (χ3v) is 2.73. The Labute approximate surface area is 89.7 Å². The third-order valence-electron chi connectivity index (χ3n) is 2.73. The van der Waals surface area contributed by atoms with Gasteiger partial charge in [0.15, 0.2) is 0 Å². The summed E-state index contributed by atoms with van der Waals surface area (Å²) in [6.07, 6.45) is 0.708. The van der Waals surface area contributed by atoms with Gasteiger partial charge in [-0.1, -0.05) is 25.1 Å². The van der Waals surface area contributed by atoms with Crippen molar-refractivity contribution in [2.45, 2.75) is 20.3 Å². The number of carbonyl (C=O) groups excluding carboxylic acids is 1. The number of aryl methyl sites for hydroxylation is 2. The van der Waals surface area contributed by atoms with Crippen LogP contribution >= 0.6 is 0 Å². The summed E-state index contributed by atoms with van der Waals surface area (Å²) in [5.41, 5.74) is 3.37. The normalized spacial score (nSPS) is 15.6. The molecule has 0 unspecified atom stereocenters. The van der Waals surface area contributed by atoms with E-state index in [4.69, 9.17) is 4.74 Å². The van der Waals surface area contributed by atoms with Gasteiger partial charge in [0.1, 0.15) is 6.61 Å². The van der Waals surface area contributed by atoms with Crippen LogP contribution in [0.25, 0.3) is 0 Å². The summed E-state index contributed by atoms with van der Waals surface area (Å²) in [5, 5.41) is 0. The molecule has 1 fully saturated rings. The molecule has 0 radical (unpaired) electrons. The molecule has 0 aliphatic carbocycles. The number of benzene rings is 1. The molecule has 3 nitrogen and oxygen atoms in total. The summed E-state index contributed by atoms with van der Waals surface area (Å²) >= 11 is 0. The number of cyclic esters (lactones) is 1. The predicted octanol–water partition coefficient (Wildman–Crippen LogP) is 2.51. The fourth-order valence-corrected chi connectivity index (χ4v) is 1.99. The Bertz CT molecular complexity index is 387. The van der Waals surface area contributed by atoms with E-state index in [9.17, 15) is 4.79 Å². The molecular weight excluding hydrogens is 190 g/mol. The van der Waals surface area contributed by atoms with Crippen molar-refractivity contribution in [3.63, 3.8) is 0 Å². The average molecular weight is 205 g/mol. The zero-order chi connectivity index (χ0) is 10.8. The highest BCUT2D eigenvalue weighted by Gasteiger charge is 2.26. The van der Waals surface area contributed by atoms with Crippen molar-refractivity contribution in [3.8, 4) is 0 Å². The molecule has 0 aromatic heterocycles. The van der Waals surface area contributed by atoms with Crippen molar-refractivity contribution >= 4 is 11.8 Å². The smallest absolute Gasteiger partial charge is 0.414 e. The lowest BCUT2D eigenvalue weighted by atomic mass is 10.1. The first-order valence-corrected chi connectivity index (χ1v) is 5.27. The molecule has 1 aliphatic rings. The number of rotatable bonds is 2. The zero-order valence-electron chi connectivity index (χ0n) is 9.12. The summed E-state index contributed by atoms with van der Waals surface area (Å²) in [6.45, 7) is 5.28. The molecule has 0 saturated carbocycles. The number of nitrogens with zero attached hydrogens (tertiary/aromatic N) is 1. The summed E-state index contributed by atoms with van der Waals surface area (Å²) in [7, 11) is 0. The largest absolute Gasteiger partial charge is 0.447 e. The lowest BCUT2D eigenvalue weighted by Crippen LogP contribution is -2.25. The Kier molecular flexibility index (Phi) is 2.62. The molecule has 1 aliphatic heterocycles. The molecule has 2 rings (SSSR count). The van der Waals surface area contributed by atoms with Crippen LogP contribution in [-0.2, 0) is 11.2 Å². The summed E-state index contributed by atoms with van der Waals surface area (Å²) in [4.78, 5) is 13.2. The van der Waals surface area contributed by atoms with Gasteiger partial charge in [0.2, 0.25) is 0 Å². The molecule has 1 amide bonds. The van der Waals surface area contributed by atoms with Crippen LogP contribution < -0.4 is 4.90 Å². The summed E-state index contributed by atoms with van der Waals surface area (Å²) in [5.74, 6) is 0. The topological polar surface area (TPSA) is 29.5 Å². The van der Waals surface area contributed by atoms with Gasteiger partial charge >= 0.3 is 6.09 Å². The van der Waals surface area contributed by atoms with Gasteiger partial charge in [-0.15, -0.1) is 0 Å². The van der Waals surface area contributed by atoms with Gasteiger partial charge in [-0.3, -0.25) is 4.90 Å². The maximum Gasteiger partial charge on any atom is 0.414 e. The van der Waals surface area contributed by atoms with E-state index >= 15 is 0 Å². The minimum absolute atomic E-state index is 0.223. The standard InChI is InChI=1S/C12H15NO2/c1-3-10-6-4-5-9(2)11(10)13-7-8-15-12(13)14/h4-6H,3,7-8H2,1-2H3. The highest BCUT2D eigenvalue weighted by atomic mass is 16.6. The van der Waals surface area contributed by atoms with Crippen LogP contribution in [-0.4, -0.2) is 19.2 Å². The first-order valence-electron chi connectivity index (χ1n) is 5.27. The van der Waals surface area contributed by atoms with Crippen LogP contribution in [0.1, 0.15) is 18.1 Å². The minimum atomic E-state index is -0.223. The summed E-state index contributed by atoms with van der Waals surface area (Å²) < 4.78 is 4.96. The SMILES string of the molecule is CCc1cccc(C)c1N1CCOC1=O. The zero-order valence-corrected chi connectivity index (χ0v) is 9.12. The maximum atomic E-state index is 11.5. The van der Waals surface area contributed by atoms with Crippen LogP contribution in [0.4, 0.5) is 10.5 Å². The molecule has 0 N–H and O–H groups in total. The fourth-order valence-electron chi connectivity index (χ4n) is 1.99. The minimum Gasteiger partial charge on any atom is -0.447 e. The number of para-hydroxylation sites is 1. The van der Waals surface area contributed by atoms with Gasteiger partial charge in [0, 0.05) is 0 Å². The molecule has 0 spiro atoms. The lowest BCUT2D eigenvalue weighted by molar-refractivity contribution is 0.181. The van der Waals surface area contributed by atoms with Crippen molar-refractivity contribution in [3.05, 3.63) is 29.3 Å².